The summed E-state index contributed by atoms with van der Waals surface area (Å²) >= 11 is 0. The number of β-amino-alcohol motifs (C(OH)–C–C–N with tert-alkyl or cyclic N) is 1. The van der Waals surface area contributed by atoms with Gasteiger partial charge in [0.2, 0.25) is 0 Å². The number of carbonyl (C=O) groups excluding carboxylic acids is 1. The number of ether oxygens (including phenoxy) is 1. The molecule has 2 atom stereocenters. The summed E-state index contributed by atoms with van der Waals surface area (Å²) < 4.78 is 5.30. The maximum atomic E-state index is 12.0. The monoisotopic (exact) mass is 294 g/mol. The Balaban J connectivity index is 2.01. The summed E-state index contributed by atoms with van der Waals surface area (Å²) in [5.41, 5.74) is -2.33. The lowest BCUT2D eigenvalue weighted by Gasteiger charge is -2.53. The van der Waals surface area contributed by atoms with E-state index in [1.807, 2.05) is 20.8 Å². The summed E-state index contributed by atoms with van der Waals surface area (Å²) in [5.74, 6) is 0.504. The van der Waals surface area contributed by atoms with E-state index >= 15 is 0 Å². The molecule has 21 heavy (non-hydrogen) atoms. The Hall–Kier alpha value is -1.28. The molecule has 1 saturated carbocycles. The third-order valence-electron chi connectivity index (χ3n) is 4.86. The van der Waals surface area contributed by atoms with Gasteiger partial charge < -0.3 is 14.7 Å². The lowest BCUT2D eigenvalue weighted by atomic mass is 9.67. The van der Waals surface area contributed by atoms with Gasteiger partial charge in [-0.15, -0.1) is 0 Å². The molecule has 1 aliphatic carbocycles. The molecule has 1 heterocycles. The van der Waals surface area contributed by atoms with Crippen LogP contribution in [0.3, 0.4) is 0 Å². The molecule has 1 aliphatic heterocycles. The summed E-state index contributed by atoms with van der Waals surface area (Å²) in [6, 6.07) is 2.36. The van der Waals surface area contributed by atoms with Crippen molar-refractivity contribution in [3.63, 3.8) is 0 Å². The fourth-order valence-corrected chi connectivity index (χ4v) is 3.47. The molecule has 0 aromatic rings. The lowest BCUT2D eigenvalue weighted by molar-refractivity contribution is -0.154. The predicted octanol–water partition coefficient (Wildman–Crippen LogP) is 2.69. The van der Waals surface area contributed by atoms with Crippen molar-refractivity contribution in [1.29, 1.82) is 5.26 Å². The van der Waals surface area contributed by atoms with Gasteiger partial charge in [0.25, 0.3) is 0 Å². The van der Waals surface area contributed by atoms with Crippen molar-refractivity contribution in [2.45, 2.75) is 64.6 Å². The molecule has 5 heteroatoms. The third kappa shape index (κ3) is 2.87. The van der Waals surface area contributed by atoms with Gasteiger partial charge >= 0.3 is 6.09 Å². The van der Waals surface area contributed by atoms with Crippen molar-refractivity contribution in [1.82, 2.24) is 4.90 Å². The molecule has 2 fully saturated rings. The van der Waals surface area contributed by atoms with Gasteiger partial charge in [-0.2, -0.15) is 5.26 Å². The number of nitriles is 1. The highest BCUT2D eigenvalue weighted by Crippen LogP contribution is 2.52. The quantitative estimate of drug-likeness (QED) is 0.849. The Kier molecular flexibility index (Phi) is 3.96. The fraction of sp³-hybridized carbons (Fsp3) is 0.875. The largest absolute Gasteiger partial charge is 0.444 e. The standard InChI is InChI=1S/C16H26N2O3/c1-5-12-6-7-15(8-12,9-17)16(20)10-18(11-16)13(19)21-14(2,3)4/h12,20H,5-8,10-11H2,1-4H3. The van der Waals surface area contributed by atoms with Gasteiger partial charge in [0, 0.05) is 0 Å². The van der Waals surface area contributed by atoms with Crippen LogP contribution < -0.4 is 0 Å². The van der Waals surface area contributed by atoms with Crippen molar-refractivity contribution in [2.75, 3.05) is 13.1 Å². The minimum atomic E-state index is -1.08. The Labute approximate surface area is 126 Å². The van der Waals surface area contributed by atoms with E-state index in [-0.39, 0.29) is 13.1 Å². The number of amides is 1. The van der Waals surface area contributed by atoms with Crippen LogP contribution >= 0.6 is 0 Å². The highest BCUT2D eigenvalue weighted by molar-refractivity contribution is 5.70. The van der Waals surface area contributed by atoms with Crippen molar-refractivity contribution < 1.29 is 14.6 Å². The summed E-state index contributed by atoms with van der Waals surface area (Å²) in [4.78, 5) is 13.5. The van der Waals surface area contributed by atoms with Crippen LogP contribution in [0.15, 0.2) is 0 Å². The molecule has 0 aromatic carbocycles. The maximum absolute atomic E-state index is 12.0. The van der Waals surface area contributed by atoms with Gasteiger partial charge in [-0.3, -0.25) is 0 Å². The molecule has 1 amide bonds. The minimum absolute atomic E-state index is 0.200. The van der Waals surface area contributed by atoms with E-state index in [0.29, 0.717) is 5.92 Å². The van der Waals surface area contributed by atoms with Gasteiger partial charge in [-0.05, 0) is 46.0 Å². The Morgan fingerprint density at radius 1 is 1.48 bits per heavy atom. The summed E-state index contributed by atoms with van der Waals surface area (Å²) in [6.07, 6.45) is 3.07. The van der Waals surface area contributed by atoms with Crippen LogP contribution in [0.2, 0.25) is 0 Å². The molecule has 0 bridgehead atoms. The van der Waals surface area contributed by atoms with Crippen LogP contribution in [0.5, 0.6) is 0 Å². The lowest BCUT2D eigenvalue weighted by Crippen LogP contribution is -2.70. The van der Waals surface area contributed by atoms with Crippen molar-refractivity contribution >= 4 is 6.09 Å². The summed E-state index contributed by atoms with van der Waals surface area (Å²) in [7, 11) is 0. The molecule has 0 aromatic heterocycles. The highest BCUT2D eigenvalue weighted by Gasteiger charge is 2.61. The average molecular weight is 294 g/mol. The predicted molar refractivity (Wildman–Crippen MR) is 78.4 cm³/mol. The first-order valence-corrected chi connectivity index (χ1v) is 7.76. The molecule has 1 saturated heterocycles. The Bertz CT molecular complexity index is 457. The van der Waals surface area contributed by atoms with E-state index < -0.39 is 22.7 Å². The molecule has 2 aliphatic rings. The van der Waals surface area contributed by atoms with E-state index in [1.54, 1.807) is 0 Å². The topological polar surface area (TPSA) is 73.6 Å². The first kappa shape index (κ1) is 16.1. The first-order valence-electron chi connectivity index (χ1n) is 7.76. The Morgan fingerprint density at radius 3 is 2.52 bits per heavy atom. The Morgan fingerprint density at radius 2 is 2.10 bits per heavy atom. The van der Waals surface area contributed by atoms with Crippen molar-refractivity contribution in [3.8, 4) is 6.07 Å². The fourth-order valence-electron chi connectivity index (χ4n) is 3.47. The zero-order valence-corrected chi connectivity index (χ0v) is 13.5. The van der Waals surface area contributed by atoms with E-state index in [4.69, 9.17) is 4.74 Å². The SMILES string of the molecule is CCC1CCC(C#N)(C2(O)CN(C(=O)OC(C)(C)C)C2)C1. The van der Waals surface area contributed by atoms with Crippen LogP contribution in [0.4, 0.5) is 4.79 Å². The van der Waals surface area contributed by atoms with Crippen LogP contribution in [-0.4, -0.2) is 40.4 Å². The van der Waals surface area contributed by atoms with Gasteiger partial charge in [-0.1, -0.05) is 13.3 Å². The zero-order valence-electron chi connectivity index (χ0n) is 13.5. The van der Waals surface area contributed by atoms with Gasteiger partial charge in [0.15, 0.2) is 0 Å². The molecule has 118 valence electrons. The van der Waals surface area contributed by atoms with E-state index in [2.05, 4.69) is 13.0 Å². The smallest absolute Gasteiger partial charge is 0.410 e. The zero-order chi connectivity index (χ0) is 15.9. The average Bonchev–Trinajstić information content (AvgIpc) is 2.78. The maximum Gasteiger partial charge on any atom is 0.410 e. The van der Waals surface area contributed by atoms with Crippen LogP contribution in [0, 0.1) is 22.7 Å². The van der Waals surface area contributed by atoms with Gasteiger partial charge in [0.1, 0.15) is 11.2 Å². The van der Waals surface area contributed by atoms with Gasteiger partial charge in [-0.25, -0.2) is 4.79 Å². The van der Waals surface area contributed by atoms with Crippen molar-refractivity contribution in [2.24, 2.45) is 11.3 Å². The summed E-state index contributed by atoms with van der Waals surface area (Å²) in [6.45, 7) is 7.97. The van der Waals surface area contributed by atoms with E-state index in [1.165, 1.54) is 4.90 Å². The second-order valence-electron chi connectivity index (χ2n) is 7.58. The summed E-state index contributed by atoms with van der Waals surface area (Å²) in [5, 5.41) is 20.4. The van der Waals surface area contributed by atoms with Crippen LogP contribution in [0.1, 0.15) is 53.4 Å². The van der Waals surface area contributed by atoms with E-state index in [9.17, 15) is 15.2 Å². The normalized spacial score (nSPS) is 31.4. The number of hydrogen-bond acceptors (Lipinski definition) is 4. The van der Waals surface area contributed by atoms with Crippen LogP contribution in [-0.2, 0) is 4.74 Å². The van der Waals surface area contributed by atoms with Crippen molar-refractivity contribution in [3.05, 3.63) is 0 Å². The molecule has 2 unspecified atom stereocenters. The molecular weight excluding hydrogens is 268 g/mol. The van der Waals surface area contributed by atoms with Gasteiger partial charge in [0.05, 0.1) is 24.6 Å². The molecule has 5 nitrogen and oxygen atoms in total. The molecule has 0 spiro atoms. The first-order chi connectivity index (χ1) is 9.65. The number of rotatable bonds is 2. The second kappa shape index (κ2) is 5.17. The van der Waals surface area contributed by atoms with Crippen LogP contribution in [0.25, 0.3) is 0 Å². The number of likely N-dealkylation sites (tertiary alicyclic amines) is 1. The number of aliphatic hydroxyl groups is 1. The second-order valence-corrected chi connectivity index (χ2v) is 7.58. The molecule has 1 N–H and O–H groups in total. The third-order valence-corrected chi connectivity index (χ3v) is 4.86. The molecule has 2 rings (SSSR count). The number of carbonyl (C=O) groups is 1. The highest BCUT2D eigenvalue weighted by atomic mass is 16.6. The number of hydrogen-bond donors (Lipinski definition) is 1. The number of nitrogens with zero attached hydrogens (tertiary/aromatic N) is 2. The molecule has 0 radical (unpaired) electrons. The molecular formula is C16H26N2O3. The van der Waals surface area contributed by atoms with E-state index in [0.717, 1.165) is 25.7 Å². The minimum Gasteiger partial charge on any atom is -0.444 e.